The summed E-state index contributed by atoms with van der Waals surface area (Å²) in [6, 6.07) is 15.7. The predicted octanol–water partition coefficient (Wildman–Crippen LogP) is 7.49. The third-order valence-electron chi connectivity index (χ3n) is 7.34. The summed E-state index contributed by atoms with van der Waals surface area (Å²) in [5, 5.41) is 14.2. The summed E-state index contributed by atoms with van der Waals surface area (Å²) in [6.45, 7) is 1.91. The lowest BCUT2D eigenvalue weighted by molar-refractivity contribution is 0.108. The van der Waals surface area contributed by atoms with Gasteiger partial charge >= 0.3 is 12.1 Å². The van der Waals surface area contributed by atoms with E-state index in [1.54, 1.807) is 30.6 Å². The second-order valence-electron chi connectivity index (χ2n) is 9.87. The van der Waals surface area contributed by atoms with E-state index in [1.165, 1.54) is 0 Å². The maximum atomic E-state index is 12.4. The van der Waals surface area contributed by atoms with Crippen LogP contribution in [0.4, 0.5) is 10.5 Å². The molecule has 2 aromatic heterocycles. The van der Waals surface area contributed by atoms with Crippen molar-refractivity contribution in [3.8, 4) is 29.1 Å². The van der Waals surface area contributed by atoms with Gasteiger partial charge in [0.1, 0.15) is 17.9 Å². The van der Waals surface area contributed by atoms with Gasteiger partial charge in [0.25, 0.3) is 0 Å². The first-order valence-electron chi connectivity index (χ1n) is 12.8. The van der Waals surface area contributed by atoms with Crippen molar-refractivity contribution in [2.45, 2.75) is 51.2 Å². The van der Waals surface area contributed by atoms with Gasteiger partial charge < -0.3 is 14.0 Å². The molecule has 1 amide bonds. The van der Waals surface area contributed by atoms with Crippen LogP contribution in [-0.2, 0) is 4.74 Å². The van der Waals surface area contributed by atoms with Gasteiger partial charge in [0.05, 0.1) is 27.5 Å². The molecule has 1 atom stereocenters. The summed E-state index contributed by atoms with van der Waals surface area (Å²) in [5.41, 5.74) is 3.55. The number of nitrogens with zero attached hydrogens (tertiary/aromatic N) is 4. The summed E-state index contributed by atoms with van der Waals surface area (Å²) in [7, 11) is 0. The lowest BCUT2D eigenvalue weighted by Crippen LogP contribution is -2.21. The van der Waals surface area contributed by atoms with E-state index in [2.05, 4.69) is 25.9 Å². The first-order chi connectivity index (χ1) is 18.5. The number of hydrogen-bond donors (Lipinski definition) is 1. The highest BCUT2D eigenvalue weighted by Gasteiger charge is 2.31. The van der Waals surface area contributed by atoms with Crippen LogP contribution in [0.5, 0.6) is 11.8 Å². The quantitative estimate of drug-likeness (QED) is 0.267. The zero-order valence-corrected chi connectivity index (χ0v) is 21.6. The summed E-state index contributed by atoms with van der Waals surface area (Å²) in [6.07, 6.45) is 7.97. The van der Waals surface area contributed by atoms with Gasteiger partial charge in [-0.05, 0) is 75.3 Å². The minimum atomic E-state index is -0.518. The van der Waals surface area contributed by atoms with Crippen molar-refractivity contribution in [2.24, 2.45) is 5.92 Å². The predicted molar refractivity (Wildman–Crippen MR) is 144 cm³/mol. The molecule has 1 N–H and O–H groups in total. The number of benzene rings is 2. The summed E-state index contributed by atoms with van der Waals surface area (Å²) >= 11 is 6.63. The van der Waals surface area contributed by atoms with Crippen LogP contribution in [0.25, 0.3) is 22.2 Å². The molecule has 2 aliphatic carbocycles. The first-order valence-corrected chi connectivity index (χ1v) is 13.2. The molecule has 8 nitrogen and oxygen atoms in total. The van der Waals surface area contributed by atoms with Crippen molar-refractivity contribution in [1.82, 2.24) is 14.5 Å². The van der Waals surface area contributed by atoms with Gasteiger partial charge in [-0.1, -0.05) is 17.7 Å². The Hall–Kier alpha value is -4.09. The average Bonchev–Trinajstić information content (AvgIpc) is 3.69. The molecule has 2 fully saturated rings. The van der Waals surface area contributed by atoms with E-state index < -0.39 is 6.09 Å². The zero-order valence-electron chi connectivity index (χ0n) is 20.9. The molecule has 2 saturated carbocycles. The van der Waals surface area contributed by atoms with Crippen LogP contribution in [-0.4, -0.2) is 26.7 Å². The number of ether oxygens (including phenoxy) is 2. The molecule has 0 unspecified atom stereocenters. The van der Waals surface area contributed by atoms with Crippen LogP contribution in [0.3, 0.4) is 0 Å². The summed E-state index contributed by atoms with van der Waals surface area (Å²) < 4.78 is 13.6. The average molecular weight is 528 g/mol. The Balaban J connectivity index is 1.37. The van der Waals surface area contributed by atoms with Gasteiger partial charge in [0.15, 0.2) is 0 Å². The highest BCUT2D eigenvalue weighted by Crippen LogP contribution is 2.44. The molecule has 0 spiro atoms. The maximum Gasteiger partial charge on any atom is 0.411 e. The Labute approximate surface area is 225 Å². The highest BCUT2D eigenvalue weighted by molar-refractivity contribution is 6.34. The minimum Gasteiger partial charge on any atom is -0.446 e. The number of anilines is 1. The Morgan fingerprint density at radius 2 is 1.95 bits per heavy atom. The van der Waals surface area contributed by atoms with Gasteiger partial charge in [-0.15, -0.1) is 0 Å². The number of carbonyl (C=O) groups is 1. The van der Waals surface area contributed by atoms with Gasteiger partial charge in [0, 0.05) is 35.5 Å². The molecule has 6 rings (SSSR count). The van der Waals surface area contributed by atoms with E-state index in [4.69, 9.17) is 21.1 Å². The number of carbonyl (C=O) groups excluding carboxylic acids is 1. The second-order valence-corrected chi connectivity index (χ2v) is 10.3. The number of hydrogen-bond acceptors (Lipinski definition) is 6. The molecule has 4 aromatic rings. The fourth-order valence-electron chi connectivity index (χ4n) is 4.95. The van der Waals surface area contributed by atoms with E-state index >= 15 is 0 Å². The SMILES string of the molecule is C[C@@H](OC(=O)Nc1ccc(-c2c(C#N)c3ccc(Oc4ncccn4)cc3n2C2CCC2)cc1Cl)C1CC1. The van der Waals surface area contributed by atoms with Crippen LogP contribution in [0.1, 0.15) is 50.6 Å². The van der Waals surface area contributed by atoms with Gasteiger partial charge in [0.2, 0.25) is 0 Å². The Bertz CT molecular complexity index is 1550. The normalized spacial score (nSPS) is 15.9. The van der Waals surface area contributed by atoms with Crippen LogP contribution in [0, 0.1) is 17.2 Å². The first kappa shape index (κ1) is 24.3. The molecule has 2 heterocycles. The molecule has 9 heteroatoms. The Morgan fingerprint density at radius 3 is 2.61 bits per heavy atom. The number of aromatic nitrogens is 3. The maximum absolute atomic E-state index is 12.4. The van der Waals surface area contributed by atoms with Crippen molar-refractivity contribution in [3.05, 3.63) is 65.4 Å². The second kappa shape index (κ2) is 9.99. The van der Waals surface area contributed by atoms with E-state index in [0.717, 1.165) is 54.3 Å². The molecule has 2 aromatic carbocycles. The number of fused-ring (bicyclic) bond motifs is 1. The van der Waals surface area contributed by atoms with Crippen LogP contribution in [0.15, 0.2) is 54.9 Å². The van der Waals surface area contributed by atoms with Gasteiger partial charge in [-0.3, -0.25) is 5.32 Å². The molecular weight excluding hydrogens is 502 g/mol. The lowest BCUT2D eigenvalue weighted by atomic mass is 9.92. The molecule has 38 heavy (non-hydrogen) atoms. The third-order valence-corrected chi connectivity index (χ3v) is 7.65. The molecule has 2 aliphatic rings. The lowest BCUT2D eigenvalue weighted by Gasteiger charge is -2.30. The number of amides is 1. The topological polar surface area (TPSA) is 102 Å². The molecule has 0 saturated heterocycles. The third kappa shape index (κ3) is 4.66. The van der Waals surface area contributed by atoms with Crippen LogP contribution in [0.2, 0.25) is 5.02 Å². The van der Waals surface area contributed by atoms with Crippen LogP contribution < -0.4 is 10.1 Å². The van der Waals surface area contributed by atoms with Crippen LogP contribution >= 0.6 is 11.6 Å². The standard InChI is InChI=1S/C29H26ClN5O3/c1-17(18-6-7-18)37-29(36)34-25-11-8-19(14-24(25)30)27-23(16-31)22-10-9-21(38-28-32-12-3-13-33-28)15-26(22)35(27)20-4-2-5-20/h3,8-15,17-18,20H,2,4-7H2,1H3,(H,34,36)/t17-/m1/s1. The van der Waals surface area contributed by atoms with E-state index in [-0.39, 0.29) is 18.2 Å². The van der Waals surface area contributed by atoms with Gasteiger partial charge in [-0.2, -0.15) is 5.26 Å². The minimum absolute atomic E-state index is 0.119. The molecule has 0 aliphatic heterocycles. The van der Waals surface area contributed by atoms with E-state index in [0.29, 0.717) is 27.9 Å². The smallest absolute Gasteiger partial charge is 0.411 e. The van der Waals surface area contributed by atoms with Crippen molar-refractivity contribution in [3.63, 3.8) is 0 Å². The number of nitriles is 1. The van der Waals surface area contributed by atoms with E-state index in [9.17, 15) is 10.1 Å². The zero-order chi connectivity index (χ0) is 26.2. The number of halogens is 1. The summed E-state index contributed by atoms with van der Waals surface area (Å²) in [4.78, 5) is 20.7. The molecule has 0 bridgehead atoms. The summed E-state index contributed by atoms with van der Waals surface area (Å²) in [5.74, 6) is 1.04. The molecule has 192 valence electrons. The van der Waals surface area contributed by atoms with Crippen molar-refractivity contribution in [1.29, 1.82) is 5.26 Å². The molecule has 0 radical (unpaired) electrons. The largest absolute Gasteiger partial charge is 0.446 e. The fourth-order valence-corrected chi connectivity index (χ4v) is 5.18. The Kier molecular flexibility index (Phi) is 6.38. The van der Waals surface area contributed by atoms with Crippen molar-refractivity contribution in [2.75, 3.05) is 5.32 Å². The molecular formula is C29H26ClN5O3. The monoisotopic (exact) mass is 527 g/mol. The van der Waals surface area contributed by atoms with Crippen molar-refractivity contribution < 1.29 is 14.3 Å². The van der Waals surface area contributed by atoms with Crippen molar-refractivity contribution >= 4 is 34.3 Å². The van der Waals surface area contributed by atoms with Gasteiger partial charge in [-0.25, -0.2) is 14.8 Å². The highest BCUT2D eigenvalue weighted by atomic mass is 35.5. The number of nitrogens with one attached hydrogen (secondary N) is 1. The Morgan fingerprint density at radius 1 is 1.16 bits per heavy atom. The number of rotatable bonds is 7. The fraction of sp³-hybridized carbons (Fsp3) is 0.310. The van der Waals surface area contributed by atoms with E-state index in [1.807, 2.05) is 31.2 Å².